The molecule has 0 amide bonds. The van der Waals surface area contributed by atoms with Crippen LogP contribution in [0.5, 0.6) is 0 Å². The predicted molar refractivity (Wildman–Crippen MR) is 61.3 cm³/mol. The lowest BCUT2D eigenvalue weighted by Gasteiger charge is -2.36. The Bertz CT molecular complexity index is 317. The SMILES string of the molecule is CC1CN(c2ncc(Cl)cn2)CC(C)N1. The van der Waals surface area contributed by atoms with Crippen LogP contribution in [-0.2, 0) is 0 Å². The fourth-order valence-corrected chi connectivity index (χ4v) is 2.06. The Labute approximate surface area is 94.7 Å². The fraction of sp³-hybridized carbons (Fsp3) is 0.600. The molecule has 0 aromatic carbocycles. The fourth-order valence-electron chi connectivity index (χ4n) is 1.96. The summed E-state index contributed by atoms with van der Waals surface area (Å²) in [6, 6.07) is 0.932. The molecule has 2 heterocycles. The maximum atomic E-state index is 5.75. The summed E-state index contributed by atoms with van der Waals surface area (Å²) in [6.07, 6.45) is 3.28. The predicted octanol–water partition coefficient (Wildman–Crippen LogP) is 1.32. The van der Waals surface area contributed by atoms with Crippen LogP contribution in [0.1, 0.15) is 13.8 Å². The Morgan fingerprint density at radius 2 is 1.80 bits per heavy atom. The lowest BCUT2D eigenvalue weighted by molar-refractivity contribution is 0.403. The number of piperazine rings is 1. The van der Waals surface area contributed by atoms with Crippen molar-refractivity contribution < 1.29 is 0 Å². The Morgan fingerprint density at radius 1 is 1.27 bits per heavy atom. The highest BCUT2D eigenvalue weighted by Crippen LogP contribution is 2.13. The molecule has 0 aliphatic carbocycles. The average molecular weight is 227 g/mol. The van der Waals surface area contributed by atoms with E-state index in [4.69, 9.17) is 11.6 Å². The molecule has 1 aliphatic heterocycles. The second-order valence-corrected chi connectivity index (χ2v) is 4.51. The topological polar surface area (TPSA) is 41.1 Å². The van der Waals surface area contributed by atoms with E-state index in [2.05, 4.69) is 34.0 Å². The number of nitrogens with zero attached hydrogens (tertiary/aromatic N) is 3. The summed E-state index contributed by atoms with van der Waals surface area (Å²) in [5.41, 5.74) is 0. The van der Waals surface area contributed by atoms with Gasteiger partial charge in [-0.05, 0) is 13.8 Å². The molecule has 1 aromatic heterocycles. The second kappa shape index (κ2) is 4.33. The summed E-state index contributed by atoms with van der Waals surface area (Å²) >= 11 is 5.75. The molecule has 1 aliphatic rings. The minimum Gasteiger partial charge on any atom is -0.338 e. The van der Waals surface area contributed by atoms with Crippen molar-refractivity contribution >= 4 is 17.5 Å². The number of aromatic nitrogens is 2. The Balaban J connectivity index is 2.12. The smallest absolute Gasteiger partial charge is 0.225 e. The van der Waals surface area contributed by atoms with Gasteiger partial charge in [-0.15, -0.1) is 0 Å². The molecular formula is C10H15ClN4. The van der Waals surface area contributed by atoms with Crippen LogP contribution in [0.2, 0.25) is 5.02 Å². The molecule has 1 saturated heterocycles. The Morgan fingerprint density at radius 3 is 2.33 bits per heavy atom. The third-order valence-electron chi connectivity index (χ3n) is 2.45. The normalized spacial score (nSPS) is 26.7. The second-order valence-electron chi connectivity index (χ2n) is 4.08. The number of anilines is 1. The maximum Gasteiger partial charge on any atom is 0.225 e. The molecule has 82 valence electrons. The van der Waals surface area contributed by atoms with Crippen LogP contribution >= 0.6 is 11.6 Å². The summed E-state index contributed by atoms with van der Waals surface area (Å²) < 4.78 is 0. The van der Waals surface area contributed by atoms with Gasteiger partial charge in [0.1, 0.15) is 0 Å². The van der Waals surface area contributed by atoms with Gasteiger partial charge in [0.15, 0.2) is 0 Å². The van der Waals surface area contributed by atoms with Crippen LogP contribution in [0.15, 0.2) is 12.4 Å². The number of nitrogens with one attached hydrogen (secondary N) is 1. The largest absolute Gasteiger partial charge is 0.338 e. The first-order valence-electron chi connectivity index (χ1n) is 5.13. The molecule has 0 bridgehead atoms. The quantitative estimate of drug-likeness (QED) is 0.784. The van der Waals surface area contributed by atoms with Gasteiger partial charge < -0.3 is 10.2 Å². The molecule has 2 rings (SSSR count). The maximum absolute atomic E-state index is 5.75. The molecular weight excluding hydrogens is 212 g/mol. The van der Waals surface area contributed by atoms with Gasteiger partial charge in [0, 0.05) is 25.2 Å². The van der Waals surface area contributed by atoms with E-state index in [9.17, 15) is 0 Å². The van der Waals surface area contributed by atoms with E-state index in [-0.39, 0.29) is 0 Å². The van der Waals surface area contributed by atoms with Crippen molar-refractivity contribution in [2.45, 2.75) is 25.9 Å². The van der Waals surface area contributed by atoms with Crippen molar-refractivity contribution in [2.24, 2.45) is 0 Å². The molecule has 0 saturated carbocycles. The van der Waals surface area contributed by atoms with Gasteiger partial charge in [0.05, 0.1) is 17.4 Å². The van der Waals surface area contributed by atoms with E-state index in [1.54, 1.807) is 12.4 Å². The molecule has 2 atom stereocenters. The van der Waals surface area contributed by atoms with E-state index in [1.165, 1.54) is 0 Å². The van der Waals surface area contributed by atoms with Crippen LogP contribution in [0.4, 0.5) is 5.95 Å². The van der Waals surface area contributed by atoms with E-state index in [0.717, 1.165) is 19.0 Å². The van der Waals surface area contributed by atoms with Gasteiger partial charge in [-0.25, -0.2) is 9.97 Å². The molecule has 5 heteroatoms. The van der Waals surface area contributed by atoms with Crippen molar-refractivity contribution in [3.63, 3.8) is 0 Å². The third kappa shape index (κ3) is 2.58. The Kier molecular flexibility index (Phi) is 3.07. The molecule has 15 heavy (non-hydrogen) atoms. The van der Waals surface area contributed by atoms with Crippen molar-refractivity contribution in [2.75, 3.05) is 18.0 Å². The van der Waals surface area contributed by atoms with Crippen LogP contribution in [0.3, 0.4) is 0 Å². The van der Waals surface area contributed by atoms with Crippen molar-refractivity contribution in [3.8, 4) is 0 Å². The van der Waals surface area contributed by atoms with Gasteiger partial charge in [0.2, 0.25) is 5.95 Å². The first-order chi connectivity index (χ1) is 7.15. The average Bonchev–Trinajstić information content (AvgIpc) is 2.17. The molecule has 4 nitrogen and oxygen atoms in total. The zero-order valence-electron chi connectivity index (χ0n) is 8.94. The molecule has 0 spiro atoms. The lowest BCUT2D eigenvalue weighted by Crippen LogP contribution is -2.54. The molecule has 1 N–H and O–H groups in total. The number of rotatable bonds is 1. The minimum atomic E-state index is 0.466. The monoisotopic (exact) mass is 226 g/mol. The van der Waals surface area contributed by atoms with Crippen molar-refractivity contribution in [3.05, 3.63) is 17.4 Å². The van der Waals surface area contributed by atoms with Gasteiger partial charge >= 0.3 is 0 Å². The first-order valence-corrected chi connectivity index (χ1v) is 5.51. The van der Waals surface area contributed by atoms with Crippen LogP contribution in [-0.4, -0.2) is 35.1 Å². The summed E-state index contributed by atoms with van der Waals surface area (Å²) in [7, 11) is 0. The van der Waals surface area contributed by atoms with Gasteiger partial charge in [0.25, 0.3) is 0 Å². The standard InChI is InChI=1S/C10H15ClN4/c1-7-5-15(6-8(2)14-7)10-12-3-9(11)4-13-10/h3-4,7-8,14H,5-6H2,1-2H3. The number of hydrogen-bond acceptors (Lipinski definition) is 4. The van der Waals surface area contributed by atoms with Crippen molar-refractivity contribution in [1.82, 2.24) is 15.3 Å². The highest BCUT2D eigenvalue weighted by molar-refractivity contribution is 6.30. The minimum absolute atomic E-state index is 0.466. The van der Waals surface area contributed by atoms with Crippen molar-refractivity contribution in [1.29, 1.82) is 0 Å². The van der Waals surface area contributed by atoms with Crippen LogP contribution in [0, 0.1) is 0 Å². The molecule has 1 fully saturated rings. The van der Waals surface area contributed by atoms with Gasteiger partial charge in [-0.1, -0.05) is 11.6 Å². The summed E-state index contributed by atoms with van der Waals surface area (Å²) in [5.74, 6) is 0.764. The van der Waals surface area contributed by atoms with E-state index >= 15 is 0 Å². The molecule has 2 unspecified atom stereocenters. The number of halogens is 1. The summed E-state index contributed by atoms with van der Waals surface area (Å²) in [5, 5.41) is 4.05. The Hall–Kier alpha value is -0.870. The summed E-state index contributed by atoms with van der Waals surface area (Å²) in [4.78, 5) is 10.6. The van der Waals surface area contributed by atoms with E-state index < -0.39 is 0 Å². The molecule has 0 radical (unpaired) electrons. The van der Waals surface area contributed by atoms with E-state index in [1.807, 2.05) is 0 Å². The third-order valence-corrected chi connectivity index (χ3v) is 2.64. The number of hydrogen-bond donors (Lipinski definition) is 1. The zero-order valence-corrected chi connectivity index (χ0v) is 9.70. The zero-order chi connectivity index (χ0) is 10.8. The van der Waals surface area contributed by atoms with Crippen LogP contribution < -0.4 is 10.2 Å². The molecule has 1 aromatic rings. The summed E-state index contributed by atoms with van der Waals surface area (Å²) in [6.45, 7) is 6.20. The van der Waals surface area contributed by atoms with E-state index in [0.29, 0.717) is 17.1 Å². The van der Waals surface area contributed by atoms with Gasteiger partial charge in [-0.2, -0.15) is 0 Å². The highest BCUT2D eigenvalue weighted by Gasteiger charge is 2.22. The lowest BCUT2D eigenvalue weighted by atomic mass is 10.1. The van der Waals surface area contributed by atoms with Crippen LogP contribution in [0.25, 0.3) is 0 Å². The first kappa shape index (κ1) is 10.6. The highest BCUT2D eigenvalue weighted by atomic mass is 35.5. The van der Waals surface area contributed by atoms with Gasteiger partial charge in [-0.3, -0.25) is 0 Å².